The fraction of sp³-hybridized carbons (Fsp3) is 0.286. The van der Waals surface area contributed by atoms with E-state index in [0.717, 1.165) is 12.3 Å². The van der Waals surface area contributed by atoms with Crippen LogP contribution < -0.4 is 15.8 Å². The Morgan fingerprint density at radius 2 is 1.87 bits per heavy atom. The minimum atomic E-state index is -4.41. The number of nitrogens with zero attached hydrogens (tertiary/aromatic N) is 2. The van der Waals surface area contributed by atoms with Crippen LogP contribution in [0.2, 0.25) is 0 Å². The molecule has 2 aromatic heterocycles. The molecule has 1 aliphatic rings. The van der Waals surface area contributed by atoms with Crippen LogP contribution in [0.5, 0.6) is 0 Å². The number of halogens is 3. The highest BCUT2D eigenvalue weighted by Gasteiger charge is 2.31. The van der Waals surface area contributed by atoms with Gasteiger partial charge in [0.15, 0.2) is 0 Å². The van der Waals surface area contributed by atoms with E-state index in [2.05, 4.69) is 10.3 Å². The Bertz CT molecular complexity index is 1120. The molecule has 1 amide bonds. The van der Waals surface area contributed by atoms with Crippen molar-refractivity contribution >= 4 is 28.4 Å². The molecule has 1 aliphatic heterocycles. The van der Waals surface area contributed by atoms with Crippen molar-refractivity contribution in [3.63, 3.8) is 0 Å². The number of hydrogen-bond donors (Lipinski definition) is 1. The summed E-state index contributed by atoms with van der Waals surface area (Å²) in [4.78, 5) is 29.7. The summed E-state index contributed by atoms with van der Waals surface area (Å²) in [6.45, 7) is 1.05. The van der Waals surface area contributed by atoms with Crippen LogP contribution >= 0.6 is 0 Å². The zero-order valence-corrected chi connectivity index (χ0v) is 15.8. The van der Waals surface area contributed by atoms with Crippen LogP contribution in [-0.2, 0) is 11.0 Å². The van der Waals surface area contributed by atoms with E-state index < -0.39 is 17.4 Å². The Morgan fingerprint density at radius 3 is 2.53 bits per heavy atom. The number of alkyl halides is 3. The first-order valence-corrected chi connectivity index (χ1v) is 9.42. The Hall–Kier alpha value is -3.36. The molecule has 0 unspecified atom stereocenters. The number of piperidine rings is 1. The average molecular weight is 417 g/mol. The molecule has 156 valence electrons. The first kappa shape index (κ1) is 19.9. The minimum Gasteiger partial charge on any atom is -0.423 e. The molecule has 0 radical (unpaired) electrons. The second-order valence-corrected chi connectivity index (χ2v) is 7.16. The Morgan fingerprint density at radius 1 is 1.10 bits per heavy atom. The highest BCUT2D eigenvalue weighted by molar-refractivity contribution is 5.94. The first-order valence-electron chi connectivity index (χ1n) is 9.42. The predicted molar refractivity (Wildman–Crippen MR) is 105 cm³/mol. The van der Waals surface area contributed by atoms with Gasteiger partial charge in [-0.1, -0.05) is 0 Å². The Labute approximate surface area is 169 Å². The smallest absolute Gasteiger partial charge is 0.417 e. The molecule has 1 N–H and O–H groups in total. The summed E-state index contributed by atoms with van der Waals surface area (Å²) in [5.41, 5.74) is -0.171. The summed E-state index contributed by atoms with van der Waals surface area (Å²) in [5, 5.41) is 3.58. The van der Waals surface area contributed by atoms with Crippen LogP contribution in [0.4, 0.5) is 24.7 Å². The van der Waals surface area contributed by atoms with Gasteiger partial charge in [-0.15, -0.1) is 0 Å². The fourth-order valence-electron chi connectivity index (χ4n) is 3.51. The van der Waals surface area contributed by atoms with Crippen LogP contribution in [0.1, 0.15) is 18.4 Å². The molecule has 0 aliphatic carbocycles. The van der Waals surface area contributed by atoms with E-state index in [1.54, 1.807) is 24.3 Å². The van der Waals surface area contributed by atoms with Crippen molar-refractivity contribution in [2.24, 2.45) is 5.92 Å². The number of benzene rings is 1. The van der Waals surface area contributed by atoms with Gasteiger partial charge >= 0.3 is 11.8 Å². The highest BCUT2D eigenvalue weighted by atomic mass is 19.4. The Balaban J connectivity index is 1.36. The molecule has 3 heterocycles. The maximum atomic E-state index is 12.7. The second-order valence-electron chi connectivity index (χ2n) is 7.16. The van der Waals surface area contributed by atoms with E-state index in [0.29, 0.717) is 48.4 Å². The molecular formula is C21H18F3N3O3. The molecule has 1 saturated heterocycles. The lowest BCUT2D eigenvalue weighted by Crippen LogP contribution is -2.38. The van der Waals surface area contributed by atoms with Crippen molar-refractivity contribution in [1.29, 1.82) is 0 Å². The van der Waals surface area contributed by atoms with E-state index in [-0.39, 0.29) is 11.8 Å². The third-order valence-electron chi connectivity index (χ3n) is 5.15. The number of nitrogens with one attached hydrogen (secondary N) is 1. The maximum absolute atomic E-state index is 12.7. The van der Waals surface area contributed by atoms with Crippen molar-refractivity contribution in [2.75, 3.05) is 23.3 Å². The molecule has 0 saturated carbocycles. The monoisotopic (exact) mass is 417 g/mol. The van der Waals surface area contributed by atoms with Gasteiger partial charge in [0.25, 0.3) is 0 Å². The number of aromatic nitrogens is 1. The van der Waals surface area contributed by atoms with E-state index in [4.69, 9.17) is 4.42 Å². The average Bonchev–Trinajstić information content (AvgIpc) is 2.73. The van der Waals surface area contributed by atoms with Crippen LogP contribution in [0.15, 0.2) is 57.9 Å². The first-order chi connectivity index (χ1) is 14.3. The topological polar surface area (TPSA) is 75.4 Å². The van der Waals surface area contributed by atoms with E-state index in [9.17, 15) is 22.8 Å². The number of carbonyl (C=O) groups excluding carboxylic acids is 1. The lowest BCUT2D eigenvalue weighted by molar-refractivity contribution is -0.137. The van der Waals surface area contributed by atoms with Gasteiger partial charge in [0.2, 0.25) is 5.91 Å². The van der Waals surface area contributed by atoms with Gasteiger partial charge in [0.05, 0.1) is 5.56 Å². The standard InChI is InChI=1S/C21H18F3N3O3/c22-21(23,24)15-2-5-18(25-12-15)27-9-7-13(8-10-27)20(29)26-16-3-4-17-14(11-16)1-6-19(28)30-17/h1-6,11-13H,7-10H2,(H,26,29). The van der Waals surface area contributed by atoms with Gasteiger partial charge in [-0.2, -0.15) is 13.2 Å². The van der Waals surface area contributed by atoms with Crippen molar-refractivity contribution in [3.8, 4) is 0 Å². The van der Waals surface area contributed by atoms with Crippen molar-refractivity contribution in [3.05, 3.63) is 64.6 Å². The predicted octanol–water partition coefficient (Wildman–Crippen LogP) is 4.06. The summed E-state index contributed by atoms with van der Waals surface area (Å²) < 4.78 is 43.1. The molecule has 9 heteroatoms. The van der Waals surface area contributed by atoms with E-state index in [1.807, 2.05) is 4.90 Å². The fourth-order valence-corrected chi connectivity index (χ4v) is 3.51. The number of carbonyl (C=O) groups is 1. The molecule has 3 aromatic rings. The van der Waals surface area contributed by atoms with Crippen LogP contribution in [0, 0.1) is 5.92 Å². The second kappa shape index (κ2) is 7.81. The van der Waals surface area contributed by atoms with Crippen molar-refractivity contribution in [2.45, 2.75) is 19.0 Å². The largest absolute Gasteiger partial charge is 0.423 e. The van der Waals surface area contributed by atoms with Crippen LogP contribution in [0.25, 0.3) is 11.0 Å². The number of rotatable bonds is 3. The molecule has 0 bridgehead atoms. The van der Waals surface area contributed by atoms with Gasteiger partial charge in [-0.05, 0) is 49.2 Å². The SMILES string of the molecule is O=C(Nc1ccc2oc(=O)ccc2c1)C1CCN(c2ccc(C(F)(F)F)cn2)CC1. The lowest BCUT2D eigenvalue weighted by Gasteiger charge is -2.32. The van der Waals surface area contributed by atoms with Gasteiger partial charge in [-0.3, -0.25) is 4.79 Å². The normalized spacial score (nSPS) is 15.4. The molecule has 4 rings (SSSR count). The zero-order valence-electron chi connectivity index (χ0n) is 15.8. The number of fused-ring (bicyclic) bond motifs is 1. The summed E-state index contributed by atoms with van der Waals surface area (Å²) in [6.07, 6.45) is -2.45. The van der Waals surface area contributed by atoms with Crippen LogP contribution in [-0.4, -0.2) is 24.0 Å². The molecule has 30 heavy (non-hydrogen) atoms. The molecule has 1 aromatic carbocycles. The minimum absolute atomic E-state index is 0.119. The molecular weight excluding hydrogens is 399 g/mol. The molecule has 0 atom stereocenters. The van der Waals surface area contributed by atoms with Crippen molar-refractivity contribution < 1.29 is 22.4 Å². The zero-order chi connectivity index (χ0) is 21.3. The number of hydrogen-bond acceptors (Lipinski definition) is 5. The van der Waals surface area contributed by atoms with Gasteiger partial charge in [-0.25, -0.2) is 9.78 Å². The quantitative estimate of drug-likeness (QED) is 0.651. The maximum Gasteiger partial charge on any atom is 0.417 e. The van der Waals surface area contributed by atoms with Gasteiger partial charge < -0.3 is 14.6 Å². The summed E-state index contributed by atoms with van der Waals surface area (Å²) >= 11 is 0. The highest BCUT2D eigenvalue weighted by Crippen LogP contribution is 2.30. The molecule has 6 nitrogen and oxygen atoms in total. The summed E-state index contributed by atoms with van der Waals surface area (Å²) in [5.74, 6) is 0.143. The number of anilines is 2. The third kappa shape index (κ3) is 4.29. The van der Waals surface area contributed by atoms with Crippen LogP contribution in [0.3, 0.4) is 0 Å². The summed E-state index contributed by atoms with van der Waals surface area (Å²) in [6, 6.07) is 10.4. The van der Waals surface area contributed by atoms with E-state index in [1.165, 1.54) is 12.1 Å². The van der Waals surface area contributed by atoms with Gasteiger partial charge in [0.1, 0.15) is 11.4 Å². The summed E-state index contributed by atoms with van der Waals surface area (Å²) in [7, 11) is 0. The van der Waals surface area contributed by atoms with E-state index >= 15 is 0 Å². The molecule has 0 spiro atoms. The van der Waals surface area contributed by atoms with Gasteiger partial charge in [0, 0.05) is 42.3 Å². The Kier molecular flexibility index (Phi) is 5.19. The third-order valence-corrected chi connectivity index (χ3v) is 5.15. The lowest BCUT2D eigenvalue weighted by atomic mass is 9.95. The molecule has 1 fully saturated rings. The number of pyridine rings is 1. The number of amides is 1. The van der Waals surface area contributed by atoms with Crippen molar-refractivity contribution in [1.82, 2.24) is 4.98 Å².